The number of pyridine rings is 1. The molecule has 2 rings (SSSR count). The van der Waals surface area contributed by atoms with E-state index in [1.165, 1.54) is 32.1 Å². The second kappa shape index (κ2) is 8.01. The van der Waals surface area contributed by atoms with E-state index in [2.05, 4.69) is 22.5 Å². The maximum atomic E-state index is 12.4. The van der Waals surface area contributed by atoms with Crippen molar-refractivity contribution in [3.63, 3.8) is 0 Å². The Bertz CT molecular complexity index is 455. The number of hydrogen-bond acceptors (Lipinski definition) is 3. The molecule has 1 aliphatic rings. The maximum absolute atomic E-state index is 12.4. The zero-order valence-corrected chi connectivity index (χ0v) is 13.2. The van der Waals surface area contributed by atoms with Crippen molar-refractivity contribution in [1.29, 1.82) is 0 Å². The monoisotopic (exact) mass is 289 g/mol. The summed E-state index contributed by atoms with van der Waals surface area (Å²) in [4.78, 5) is 16.6. The molecule has 1 unspecified atom stereocenters. The highest BCUT2D eigenvalue weighted by atomic mass is 16.1. The first-order valence-corrected chi connectivity index (χ1v) is 8.25. The molecule has 1 heterocycles. The summed E-state index contributed by atoms with van der Waals surface area (Å²) in [5.74, 6) is 0.580. The number of nitrogens with zero attached hydrogens (tertiary/aromatic N) is 1. The summed E-state index contributed by atoms with van der Waals surface area (Å²) < 4.78 is 0. The van der Waals surface area contributed by atoms with E-state index in [1.807, 2.05) is 19.1 Å². The molecule has 1 fully saturated rings. The van der Waals surface area contributed by atoms with Crippen LogP contribution >= 0.6 is 0 Å². The number of hydrogen-bond donors (Lipinski definition) is 2. The minimum atomic E-state index is -0.0489. The molecule has 1 atom stereocenters. The lowest BCUT2D eigenvalue weighted by molar-refractivity contribution is 0.0906. The van der Waals surface area contributed by atoms with E-state index in [4.69, 9.17) is 0 Å². The van der Waals surface area contributed by atoms with Crippen LogP contribution in [0.4, 0.5) is 5.69 Å². The summed E-state index contributed by atoms with van der Waals surface area (Å²) in [5, 5.41) is 6.41. The fourth-order valence-corrected chi connectivity index (χ4v) is 3.20. The van der Waals surface area contributed by atoms with Crippen LogP contribution in [-0.2, 0) is 0 Å². The van der Waals surface area contributed by atoms with Gasteiger partial charge < -0.3 is 10.6 Å². The van der Waals surface area contributed by atoms with Gasteiger partial charge in [-0.15, -0.1) is 0 Å². The molecule has 0 bridgehead atoms. The molecule has 0 spiro atoms. The lowest BCUT2D eigenvalue weighted by Crippen LogP contribution is -2.41. The molecule has 4 heteroatoms. The Hall–Kier alpha value is -1.58. The fourth-order valence-electron chi connectivity index (χ4n) is 3.20. The minimum absolute atomic E-state index is 0.0489. The van der Waals surface area contributed by atoms with Gasteiger partial charge in [-0.25, -0.2) is 0 Å². The Morgan fingerprint density at radius 3 is 2.76 bits per heavy atom. The van der Waals surface area contributed by atoms with Crippen LogP contribution in [0.15, 0.2) is 18.3 Å². The Kier molecular flexibility index (Phi) is 6.03. The molecule has 4 nitrogen and oxygen atoms in total. The third-order valence-electron chi connectivity index (χ3n) is 4.35. The summed E-state index contributed by atoms with van der Waals surface area (Å²) in [6.45, 7) is 5.03. The third kappa shape index (κ3) is 4.45. The predicted molar refractivity (Wildman–Crippen MR) is 86.5 cm³/mol. The molecule has 1 aromatic rings. The van der Waals surface area contributed by atoms with Crippen molar-refractivity contribution >= 4 is 11.6 Å². The number of carbonyl (C=O) groups excluding carboxylic acids is 1. The van der Waals surface area contributed by atoms with Crippen LogP contribution in [0.3, 0.4) is 0 Å². The average Bonchev–Trinajstić information content (AvgIpc) is 2.54. The van der Waals surface area contributed by atoms with Gasteiger partial charge in [-0.1, -0.05) is 26.2 Å². The predicted octanol–water partition coefficient (Wildman–Crippen LogP) is 3.60. The van der Waals surface area contributed by atoms with Crippen LogP contribution in [0.25, 0.3) is 0 Å². The topological polar surface area (TPSA) is 54.0 Å². The van der Waals surface area contributed by atoms with Gasteiger partial charge in [0.05, 0.1) is 0 Å². The number of aromatic nitrogens is 1. The van der Waals surface area contributed by atoms with Crippen LogP contribution < -0.4 is 10.6 Å². The quantitative estimate of drug-likeness (QED) is 0.841. The zero-order valence-electron chi connectivity index (χ0n) is 13.2. The smallest absolute Gasteiger partial charge is 0.270 e. The van der Waals surface area contributed by atoms with Gasteiger partial charge in [-0.2, -0.15) is 0 Å². The first kappa shape index (κ1) is 15.8. The molecular weight excluding hydrogens is 262 g/mol. The van der Waals surface area contributed by atoms with Crippen LogP contribution in [0.1, 0.15) is 62.9 Å². The van der Waals surface area contributed by atoms with E-state index in [0.717, 1.165) is 18.7 Å². The van der Waals surface area contributed by atoms with Crippen molar-refractivity contribution in [2.24, 2.45) is 5.92 Å². The van der Waals surface area contributed by atoms with E-state index in [1.54, 1.807) is 6.20 Å². The zero-order chi connectivity index (χ0) is 15.1. The van der Waals surface area contributed by atoms with Gasteiger partial charge in [-0.05, 0) is 44.2 Å². The van der Waals surface area contributed by atoms with Gasteiger partial charge in [0.15, 0.2) is 0 Å². The molecule has 1 amide bonds. The van der Waals surface area contributed by atoms with Crippen LogP contribution in [0.5, 0.6) is 0 Å². The first-order valence-electron chi connectivity index (χ1n) is 8.25. The standard InChI is InChI=1S/C17H27N3O/c1-3-15(13-8-6-5-7-9-13)20-17(21)16-12-14(18-4-2)10-11-19-16/h10-13,15H,3-9H2,1-2H3,(H,18,19)(H,20,21). The average molecular weight is 289 g/mol. The second-order valence-electron chi connectivity index (χ2n) is 5.85. The number of carbonyl (C=O) groups is 1. The largest absolute Gasteiger partial charge is 0.385 e. The van der Waals surface area contributed by atoms with Crippen molar-refractivity contribution in [1.82, 2.24) is 10.3 Å². The lowest BCUT2D eigenvalue weighted by Gasteiger charge is -2.30. The Morgan fingerprint density at radius 2 is 2.10 bits per heavy atom. The second-order valence-corrected chi connectivity index (χ2v) is 5.85. The minimum Gasteiger partial charge on any atom is -0.385 e. The van der Waals surface area contributed by atoms with E-state index < -0.39 is 0 Å². The lowest BCUT2D eigenvalue weighted by atomic mass is 9.83. The SMILES string of the molecule is CCNc1ccnc(C(=O)NC(CC)C2CCCCC2)c1. The van der Waals surface area contributed by atoms with Gasteiger partial charge >= 0.3 is 0 Å². The van der Waals surface area contributed by atoms with E-state index in [9.17, 15) is 4.79 Å². The third-order valence-corrected chi connectivity index (χ3v) is 4.35. The highest BCUT2D eigenvalue weighted by Gasteiger charge is 2.24. The Balaban J connectivity index is 1.99. The molecule has 0 aliphatic heterocycles. The number of amides is 1. The number of anilines is 1. The maximum Gasteiger partial charge on any atom is 0.270 e. The fraction of sp³-hybridized carbons (Fsp3) is 0.647. The molecular formula is C17H27N3O. The van der Waals surface area contributed by atoms with E-state index in [-0.39, 0.29) is 11.9 Å². The summed E-state index contributed by atoms with van der Waals surface area (Å²) in [7, 11) is 0. The van der Waals surface area contributed by atoms with Crippen molar-refractivity contribution in [2.75, 3.05) is 11.9 Å². The molecule has 1 aromatic heterocycles. The summed E-state index contributed by atoms with van der Waals surface area (Å²) in [6.07, 6.45) is 9.09. The Labute approximate surface area is 127 Å². The molecule has 0 saturated heterocycles. The number of nitrogens with one attached hydrogen (secondary N) is 2. The summed E-state index contributed by atoms with van der Waals surface area (Å²) >= 11 is 0. The van der Waals surface area contributed by atoms with Gasteiger partial charge in [0.1, 0.15) is 5.69 Å². The Morgan fingerprint density at radius 1 is 1.33 bits per heavy atom. The number of rotatable bonds is 6. The van der Waals surface area contributed by atoms with Crippen molar-refractivity contribution in [2.45, 2.75) is 58.4 Å². The molecule has 2 N–H and O–H groups in total. The molecule has 1 aliphatic carbocycles. The highest BCUT2D eigenvalue weighted by molar-refractivity contribution is 5.93. The van der Waals surface area contributed by atoms with Gasteiger partial charge in [0, 0.05) is 24.5 Å². The molecule has 1 saturated carbocycles. The molecule has 116 valence electrons. The van der Waals surface area contributed by atoms with Gasteiger partial charge in [0.2, 0.25) is 0 Å². The van der Waals surface area contributed by atoms with E-state index >= 15 is 0 Å². The summed E-state index contributed by atoms with van der Waals surface area (Å²) in [6, 6.07) is 3.99. The van der Waals surface area contributed by atoms with E-state index in [0.29, 0.717) is 11.6 Å². The van der Waals surface area contributed by atoms with Crippen LogP contribution in [0.2, 0.25) is 0 Å². The van der Waals surface area contributed by atoms with Crippen molar-refractivity contribution in [3.8, 4) is 0 Å². The van der Waals surface area contributed by atoms with Gasteiger partial charge in [-0.3, -0.25) is 9.78 Å². The molecule has 0 aromatic carbocycles. The highest BCUT2D eigenvalue weighted by Crippen LogP contribution is 2.27. The van der Waals surface area contributed by atoms with Crippen LogP contribution in [-0.4, -0.2) is 23.5 Å². The van der Waals surface area contributed by atoms with Crippen LogP contribution in [0, 0.1) is 5.92 Å². The van der Waals surface area contributed by atoms with Crippen molar-refractivity contribution in [3.05, 3.63) is 24.0 Å². The molecule has 21 heavy (non-hydrogen) atoms. The molecule has 0 radical (unpaired) electrons. The van der Waals surface area contributed by atoms with Gasteiger partial charge in [0.25, 0.3) is 5.91 Å². The summed E-state index contributed by atoms with van der Waals surface area (Å²) in [5.41, 5.74) is 1.45. The van der Waals surface area contributed by atoms with Crippen molar-refractivity contribution < 1.29 is 4.79 Å². The normalized spacial score (nSPS) is 17.2. The first-order chi connectivity index (χ1) is 10.2.